The van der Waals surface area contributed by atoms with Crippen molar-refractivity contribution in [3.05, 3.63) is 34.3 Å². The van der Waals surface area contributed by atoms with Crippen LogP contribution in [0.1, 0.15) is 38.2 Å². The molecule has 20 heavy (non-hydrogen) atoms. The molecule has 1 fully saturated rings. The zero-order valence-corrected chi connectivity index (χ0v) is 14.6. The van der Waals surface area contributed by atoms with Gasteiger partial charge in [-0.25, -0.2) is 8.42 Å². The number of hydrogen-bond acceptors (Lipinski definition) is 3. The molecule has 0 radical (unpaired) electrons. The largest absolute Gasteiger partial charge is 0.312 e. The molecule has 2 rings (SSSR count). The fourth-order valence-corrected chi connectivity index (χ4v) is 3.10. The van der Waals surface area contributed by atoms with E-state index in [2.05, 4.69) is 39.4 Å². The molecule has 1 saturated carbocycles. The highest BCUT2D eigenvalue weighted by atomic mass is 79.9. The Kier molecular flexibility index (Phi) is 4.62. The predicted molar refractivity (Wildman–Crippen MR) is 86.8 cm³/mol. The van der Waals surface area contributed by atoms with Crippen molar-refractivity contribution < 1.29 is 8.42 Å². The van der Waals surface area contributed by atoms with Crippen LogP contribution in [0.25, 0.3) is 0 Å². The maximum Gasteiger partial charge on any atom is 0.153 e. The molecule has 0 bridgehead atoms. The second kappa shape index (κ2) is 5.78. The van der Waals surface area contributed by atoms with Crippen molar-refractivity contribution in [3.63, 3.8) is 0 Å². The fourth-order valence-electron chi connectivity index (χ4n) is 2.34. The van der Waals surface area contributed by atoms with Gasteiger partial charge in [-0.05, 0) is 50.3 Å². The van der Waals surface area contributed by atoms with Crippen LogP contribution in [0.3, 0.4) is 0 Å². The molecule has 0 atom stereocenters. The third-order valence-corrected chi connectivity index (χ3v) is 6.92. The number of halogens is 1. The van der Waals surface area contributed by atoms with E-state index >= 15 is 0 Å². The van der Waals surface area contributed by atoms with Gasteiger partial charge in [-0.2, -0.15) is 0 Å². The highest BCUT2D eigenvalue weighted by molar-refractivity contribution is 9.10. The third kappa shape index (κ3) is 3.62. The molecule has 0 unspecified atom stereocenters. The molecule has 1 aliphatic carbocycles. The molecule has 0 saturated heterocycles. The van der Waals surface area contributed by atoms with E-state index in [1.807, 2.05) is 6.07 Å². The number of hydrogen-bond donors (Lipinski definition) is 1. The van der Waals surface area contributed by atoms with Gasteiger partial charge in [0.05, 0.1) is 4.75 Å². The van der Waals surface area contributed by atoms with Gasteiger partial charge in [-0.15, -0.1) is 0 Å². The van der Waals surface area contributed by atoms with Crippen molar-refractivity contribution in [2.24, 2.45) is 0 Å². The van der Waals surface area contributed by atoms with Crippen LogP contribution in [0.4, 0.5) is 0 Å². The van der Waals surface area contributed by atoms with Crippen molar-refractivity contribution in [3.8, 4) is 0 Å². The molecule has 0 spiro atoms. The topological polar surface area (TPSA) is 46.2 Å². The van der Waals surface area contributed by atoms with E-state index < -0.39 is 14.6 Å². The van der Waals surface area contributed by atoms with E-state index in [1.54, 1.807) is 13.8 Å². The molecule has 0 amide bonds. The Morgan fingerprint density at radius 1 is 1.35 bits per heavy atom. The zero-order chi connectivity index (χ0) is 15.0. The fraction of sp³-hybridized carbons (Fsp3) is 0.600. The zero-order valence-electron chi connectivity index (χ0n) is 12.2. The standard InChI is InChI=1S/C15H22BrNO2S/c1-15(2,20(3,18)19)10-17-14-8-12(9-14)11-5-4-6-13(16)7-11/h4-7,12,14,17H,8-10H2,1-3H3. The maximum absolute atomic E-state index is 11.6. The first kappa shape index (κ1) is 16.0. The second-order valence-corrected chi connectivity index (χ2v) is 9.90. The minimum atomic E-state index is -3.02. The first-order chi connectivity index (χ1) is 9.19. The number of sulfone groups is 1. The summed E-state index contributed by atoms with van der Waals surface area (Å²) in [4.78, 5) is 0. The quantitative estimate of drug-likeness (QED) is 0.878. The van der Waals surface area contributed by atoms with Gasteiger partial charge in [0, 0.05) is 23.3 Å². The van der Waals surface area contributed by atoms with Crippen LogP contribution in [0.2, 0.25) is 0 Å². The maximum atomic E-state index is 11.6. The van der Waals surface area contributed by atoms with Gasteiger partial charge < -0.3 is 5.32 Å². The van der Waals surface area contributed by atoms with E-state index in [0.717, 1.165) is 17.3 Å². The summed E-state index contributed by atoms with van der Waals surface area (Å²) in [5.41, 5.74) is 1.36. The van der Waals surface area contributed by atoms with Crippen LogP contribution < -0.4 is 5.32 Å². The Labute approximate surface area is 130 Å². The Balaban J connectivity index is 1.83. The van der Waals surface area contributed by atoms with Crippen LogP contribution in [0.5, 0.6) is 0 Å². The van der Waals surface area contributed by atoms with Crippen LogP contribution >= 0.6 is 15.9 Å². The molecule has 1 aliphatic rings. The lowest BCUT2D eigenvalue weighted by molar-refractivity contribution is 0.284. The minimum absolute atomic E-state index is 0.431. The smallest absolute Gasteiger partial charge is 0.153 e. The van der Waals surface area contributed by atoms with Crippen molar-refractivity contribution in [2.45, 2.75) is 43.4 Å². The molecule has 112 valence electrons. The Hall–Kier alpha value is -0.390. The molecule has 1 aromatic rings. The van der Waals surface area contributed by atoms with Gasteiger partial charge in [0.25, 0.3) is 0 Å². The van der Waals surface area contributed by atoms with Gasteiger partial charge in [0.15, 0.2) is 9.84 Å². The highest BCUT2D eigenvalue weighted by Gasteiger charge is 2.34. The lowest BCUT2D eigenvalue weighted by Crippen LogP contribution is -2.49. The average Bonchev–Trinajstić information content (AvgIpc) is 2.25. The first-order valence-electron chi connectivity index (χ1n) is 6.87. The Morgan fingerprint density at radius 2 is 2.00 bits per heavy atom. The van der Waals surface area contributed by atoms with E-state index in [0.29, 0.717) is 18.5 Å². The summed E-state index contributed by atoms with van der Waals surface area (Å²) in [6.07, 6.45) is 3.46. The van der Waals surface area contributed by atoms with Crippen LogP contribution in [-0.2, 0) is 9.84 Å². The van der Waals surface area contributed by atoms with E-state index in [9.17, 15) is 8.42 Å². The summed E-state index contributed by atoms with van der Waals surface area (Å²) >= 11 is 3.50. The molecular formula is C15H22BrNO2S. The Bertz CT molecular complexity index is 577. The van der Waals surface area contributed by atoms with Gasteiger partial charge >= 0.3 is 0 Å². The van der Waals surface area contributed by atoms with Gasteiger partial charge in [0.1, 0.15) is 0 Å². The number of benzene rings is 1. The van der Waals surface area contributed by atoms with Crippen molar-refractivity contribution in [2.75, 3.05) is 12.8 Å². The summed E-state index contributed by atoms with van der Waals surface area (Å²) in [7, 11) is -3.02. The van der Waals surface area contributed by atoms with E-state index in [-0.39, 0.29) is 0 Å². The number of rotatable bonds is 5. The third-order valence-electron chi connectivity index (χ3n) is 4.28. The van der Waals surface area contributed by atoms with E-state index in [1.165, 1.54) is 11.8 Å². The lowest BCUT2D eigenvalue weighted by Gasteiger charge is -2.38. The predicted octanol–water partition coefficient (Wildman–Crippen LogP) is 3.11. The monoisotopic (exact) mass is 359 g/mol. The van der Waals surface area contributed by atoms with Crippen LogP contribution in [-0.4, -0.2) is 32.0 Å². The lowest BCUT2D eigenvalue weighted by atomic mass is 9.76. The molecule has 1 aromatic carbocycles. The van der Waals surface area contributed by atoms with E-state index in [4.69, 9.17) is 0 Å². The molecule has 5 heteroatoms. The van der Waals surface area contributed by atoms with Crippen molar-refractivity contribution in [1.82, 2.24) is 5.32 Å². The summed E-state index contributed by atoms with van der Waals surface area (Å²) < 4.78 is 23.7. The molecular weight excluding hydrogens is 338 g/mol. The molecule has 1 N–H and O–H groups in total. The van der Waals surface area contributed by atoms with Gasteiger partial charge in [-0.3, -0.25) is 0 Å². The van der Waals surface area contributed by atoms with Crippen molar-refractivity contribution >= 4 is 25.8 Å². The second-order valence-electron chi connectivity index (χ2n) is 6.33. The number of nitrogens with one attached hydrogen (secondary N) is 1. The average molecular weight is 360 g/mol. The minimum Gasteiger partial charge on any atom is -0.312 e. The van der Waals surface area contributed by atoms with Crippen molar-refractivity contribution in [1.29, 1.82) is 0 Å². The highest BCUT2D eigenvalue weighted by Crippen LogP contribution is 2.37. The molecule has 0 heterocycles. The molecule has 0 aliphatic heterocycles. The first-order valence-corrected chi connectivity index (χ1v) is 9.56. The summed E-state index contributed by atoms with van der Waals surface area (Å²) in [5, 5.41) is 3.39. The van der Waals surface area contributed by atoms with Gasteiger partial charge in [-0.1, -0.05) is 28.1 Å². The molecule has 3 nitrogen and oxygen atoms in total. The van der Waals surface area contributed by atoms with Crippen LogP contribution in [0.15, 0.2) is 28.7 Å². The Morgan fingerprint density at radius 3 is 2.55 bits per heavy atom. The summed E-state index contributed by atoms with van der Waals surface area (Å²) in [6.45, 7) is 4.07. The normalized spacial score (nSPS) is 23.4. The molecule has 0 aromatic heterocycles. The van der Waals surface area contributed by atoms with Crippen LogP contribution in [0, 0.1) is 0 Å². The summed E-state index contributed by atoms with van der Waals surface area (Å²) in [5.74, 6) is 0.589. The summed E-state index contributed by atoms with van der Waals surface area (Å²) in [6, 6.07) is 8.85. The SMILES string of the molecule is CC(C)(CNC1CC(c2cccc(Br)c2)C1)S(C)(=O)=O. The van der Waals surface area contributed by atoms with Gasteiger partial charge in [0.2, 0.25) is 0 Å².